The Balaban J connectivity index is 1.43. The number of benzene rings is 1. The van der Waals surface area contributed by atoms with Gasteiger partial charge in [-0.15, -0.1) is 0 Å². The van der Waals surface area contributed by atoms with Gasteiger partial charge in [0.05, 0.1) is 13.2 Å². The van der Waals surface area contributed by atoms with Gasteiger partial charge in [-0.3, -0.25) is 0 Å². The monoisotopic (exact) mass is 356 g/mol. The quantitative estimate of drug-likeness (QED) is 0.522. The lowest BCUT2D eigenvalue weighted by atomic mass is 9.75. The van der Waals surface area contributed by atoms with Gasteiger partial charge in [-0.2, -0.15) is 0 Å². The number of ether oxygens (including phenoxy) is 2. The number of aryl methyl sites for hydroxylation is 1. The highest BCUT2D eigenvalue weighted by Crippen LogP contribution is 2.38. The van der Waals surface area contributed by atoms with Crippen LogP contribution in [0.4, 0.5) is 0 Å². The van der Waals surface area contributed by atoms with E-state index in [1.165, 1.54) is 44.1 Å². The maximum Gasteiger partial charge on any atom is 0.183 e. The van der Waals surface area contributed by atoms with E-state index in [1.54, 1.807) is 0 Å². The summed E-state index contributed by atoms with van der Waals surface area (Å²) in [7, 11) is 0. The van der Waals surface area contributed by atoms with Crippen molar-refractivity contribution in [2.45, 2.75) is 71.5 Å². The molecular formula is C24H36O2. The molecule has 1 aromatic rings. The summed E-state index contributed by atoms with van der Waals surface area (Å²) in [5.41, 5.74) is 2.54. The molecule has 1 aliphatic heterocycles. The molecule has 1 saturated heterocycles. The molecule has 0 bridgehead atoms. The van der Waals surface area contributed by atoms with Crippen molar-refractivity contribution >= 4 is 0 Å². The summed E-state index contributed by atoms with van der Waals surface area (Å²) < 4.78 is 12.2. The van der Waals surface area contributed by atoms with Crippen molar-refractivity contribution in [1.29, 1.82) is 0 Å². The maximum atomic E-state index is 6.11. The molecule has 3 rings (SSSR count). The first-order valence-electron chi connectivity index (χ1n) is 10.7. The zero-order chi connectivity index (χ0) is 18.2. The molecule has 0 radical (unpaired) electrons. The SMILES string of the molecule is CC=CCCc1ccc(C2OCC(C3CCC(CCC)CC3)CO2)cc1. The van der Waals surface area contributed by atoms with Crippen LogP contribution in [0, 0.1) is 17.8 Å². The molecule has 26 heavy (non-hydrogen) atoms. The third-order valence-corrected chi connectivity index (χ3v) is 6.27. The third-order valence-electron chi connectivity index (χ3n) is 6.27. The van der Waals surface area contributed by atoms with E-state index >= 15 is 0 Å². The molecule has 0 spiro atoms. The summed E-state index contributed by atoms with van der Waals surface area (Å²) >= 11 is 0. The summed E-state index contributed by atoms with van der Waals surface area (Å²) in [5, 5.41) is 0. The van der Waals surface area contributed by atoms with Gasteiger partial charge in [0, 0.05) is 11.5 Å². The first kappa shape index (κ1) is 19.6. The lowest BCUT2D eigenvalue weighted by Crippen LogP contribution is -2.34. The van der Waals surface area contributed by atoms with Crippen molar-refractivity contribution in [2.75, 3.05) is 13.2 Å². The molecule has 144 valence electrons. The molecule has 0 atom stereocenters. The summed E-state index contributed by atoms with van der Waals surface area (Å²) in [4.78, 5) is 0. The van der Waals surface area contributed by atoms with E-state index in [0.29, 0.717) is 5.92 Å². The van der Waals surface area contributed by atoms with E-state index in [0.717, 1.165) is 43.5 Å². The Kier molecular flexibility index (Phi) is 7.76. The Morgan fingerprint density at radius 3 is 2.27 bits per heavy atom. The van der Waals surface area contributed by atoms with E-state index in [1.807, 2.05) is 0 Å². The zero-order valence-electron chi connectivity index (χ0n) is 16.7. The van der Waals surface area contributed by atoms with Crippen LogP contribution < -0.4 is 0 Å². The molecule has 2 nitrogen and oxygen atoms in total. The van der Waals surface area contributed by atoms with Gasteiger partial charge in [0.2, 0.25) is 0 Å². The van der Waals surface area contributed by atoms with Gasteiger partial charge >= 0.3 is 0 Å². The molecular weight excluding hydrogens is 320 g/mol. The highest BCUT2D eigenvalue weighted by molar-refractivity contribution is 5.24. The third kappa shape index (κ3) is 5.44. The minimum atomic E-state index is -0.174. The average molecular weight is 357 g/mol. The van der Waals surface area contributed by atoms with Crippen molar-refractivity contribution in [3.8, 4) is 0 Å². The first-order chi connectivity index (χ1) is 12.8. The summed E-state index contributed by atoms with van der Waals surface area (Å²) in [6.07, 6.45) is 14.7. The van der Waals surface area contributed by atoms with E-state index in [-0.39, 0.29) is 6.29 Å². The van der Waals surface area contributed by atoms with Gasteiger partial charge in [-0.1, -0.05) is 69.0 Å². The van der Waals surface area contributed by atoms with Crippen LogP contribution in [-0.2, 0) is 15.9 Å². The second kappa shape index (κ2) is 10.3. The van der Waals surface area contributed by atoms with Crippen LogP contribution in [0.5, 0.6) is 0 Å². The molecule has 2 heteroatoms. The maximum absolute atomic E-state index is 6.11. The topological polar surface area (TPSA) is 18.5 Å². The van der Waals surface area contributed by atoms with E-state index < -0.39 is 0 Å². The Morgan fingerprint density at radius 2 is 1.65 bits per heavy atom. The molecule has 0 aromatic heterocycles. The van der Waals surface area contributed by atoms with E-state index in [4.69, 9.17) is 9.47 Å². The van der Waals surface area contributed by atoms with Crippen molar-refractivity contribution < 1.29 is 9.47 Å². The zero-order valence-corrected chi connectivity index (χ0v) is 16.7. The van der Waals surface area contributed by atoms with Gasteiger partial charge < -0.3 is 9.47 Å². The Morgan fingerprint density at radius 1 is 0.962 bits per heavy atom. The van der Waals surface area contributed by atoms with Crippen LogP contribution in [-0.4, -0.2) is 13.2 Å². The minimum absolute atomic E-state index is 0.174. The summed E-state index contributed by atoms with van der Waals surface area (Å²) in [6, 6.07) is 8.77. The number of hydrogen-bond donors (Lipinski definition) is 0. The number of allylic oxidation sites excluding steroid dienone is 2. The van der Waals surface area contributed by atoms with Crippen LogP contribution in [0.15, 0.2) is 36.4 Å². The van der Waals surface area contributed by atoms with Gasteiger partial charge in [0.15, 0.2) is 6.29 Å². The van der Waals surface area contributed by atoms with Gasteiger partial charge in [0.25, 0.3) is 0 Å². The smallest absolute Gasteiger partial charge is 0.183 e. The molecule has 1 heterocycles. The van der Waals surface area contributed by atoms with Gasteiger partial charge in [-0.05, 0) is 50.0 Å². The van der Waals surface area contributed by atoms with Crippen LogP contribution in [0.2, 0.25) is 0 Å². The highest BCUT2D eigenvalue weighted by atomic mass is 16.7. The number of rotatable bonds is 7. The molecule has 2 fully saturated rings. The lowest BCUT2D eigenvalue weighted by molar-refractivity contribution is -0.214. The highest BCUT2D eigenvalue weighted by Gasteiger charge is 2.32. The Labute approximate surface area is 160 Å². The standard InChI is InChI=1S/C24H36O2/c1-3-5-6-8-20-11-15-22(16-12-20)24-25-17-23(18-26-24)21-13-9-19(7-4-2)10-14-21/h3,5,11-12,15-16,19,21,23-24H,4,6-10,13-14,17-18H2,1-2H3. The second-order valence-electron chi connectivity index (χ2n) is 8.18. The molecule has 2 aliphatic rings. The normalized spacial score (nSPS) is 29.9. The Hall–Kier alpha value is -1.12. The van der Waals surface area contributed by atoms with E-state index in [2.05, 4.69) is 50.3 Å². The van der Waals surface area contributed by atoms with Crippen molar-refractivity contribution in [2.24, 2.45) is 17.8 Å². The second-order valence-corrected chi connectivity index (χ2v) is 8.18. The predicted molar refractivity (Wildman–Crippen MR) is 108 cm³/mol. The fourth-order valence-electron chi connectivity index (χ4n) is 4.60. The van der Waals surface area contributed by atoms with E-state index in [9.17, 15) is 0 Å². The van der Waals surface area contributed by atoms with Crippen molar-refractivity contribution in [3.63, 3.8) is 0 Å². The van der Waals surface area contributed by atoms with Crippen molar-refractivity contribution in [3.05, 3.63) is 47.5 Å². The molecule has 1 aliphatic carbocycles. The average Bonchev–Trinajstić information content (AvgIpc) is 2.70. The molecule has 0 unspecified atom stereocenters. The lowest BCUT2D eigenvalue weighted by Gasteiger charge is -2.37. The molecule has 0 amide bonds. The van der Waals surface area contributed by atoms with Gasteiger partial charge in [0.1, 0.15) is 0 Å². The van der Waals surface area contributed by atoms with Gasteiger partial charge in [-0.25, -0.2) is 0 Å². The van der Waals surface area contributed by atoms with Crippen LogP contribution in [0.25, 0.3) is 0 Å². The molecule has 0 N–H and O–H groups in total. The minimum Gasteiger partial charge on any atom is -0.348 e. The van der Waals surface area contributed by atoms with Crippen LogP contribution in [0.1, 0.15) is 76.2 Å². The predicted octanol–water partition coefficient (Wildman–Crippen LogP) is 6.46. The first-order valence-corrected chi connectivity index (χ1v) is 10.7. The molecule has 1 saturated carbocycles. The largest absolute Gasteiger partial charge is 0.348 e. The fraction of sp³-hybridized carbons (Fsp3) is 0.667. The number of hydrogen-bond acceptors (Lipinski definition) is 2. The van der Waals surface area contributed by atoms with Crippen LogP contribution >= 0.6 is 0 Å². The van der Waals surface area contributed by atoms with Crippen LogP contribution in [0.3, 0.4) is 0 Å². The van der Waals surface area contributed by atoms with Crippen molar-refractivity contribution in [1.82, 2.24) is 0 Å². The Bertz CT molecular complexity index is 532. The summed E-state index contributed by atoms with van der Waals surface area (Å²) in [5.74, 6) is 2.37. The summed E-state index contributed by atoms with van der Waals surface area (Å²) in [6.45, 7) is 6.10. The molecule has 1 aromatic carbocycles. The fourth-order valence-corrected chi connectivity index (χ4v) is 4.60.